The summed E-state index contributed by atoms with van der Waals surface area (Å²) in [7, 11) is -1.43. The third-order valence-corrected chi connectivity index (χ3v) is 2.36. The minimum Gasteiger partial charge on any atom is -0.459 e. The molecule has 0 saturated carbocycles. The molecule has 1 unspecified atom stereocenters. The molecule has 1 atom stereocenters. The van der Waals surface area contributed by atoms with E-state index in [2.05, 4.69) is 6.58 Å². The average molecular weight is 279 g/mol. The minimum atomic E-state index is -1.43. The van der Waals surface area contributed by atoms with Gasteiger partial charge < -0.3 is 25.3 Å². The Hall–Kier alpha value is -1.83. The smallest absolute Gasteiger partial charge is 0.459 e. The van der Waals surface area contributed by atoms with Gasteiger partial charge in [0.15, 0.2) is 0 Å². The predicted octanol–water partition coefficient (Wildman–Crippen LogP) is -0.547. The normalized spacial score (nSPS) is 15.7. The molecule has 0 bridgehead atoms. The standard InChI is InChI=1S/C7H10O3.C6H8BNO2/c1-5(2)7(8)10-4-6-3-9-6;8-6-3-1-2-5(4-6)7(9)10/h6H,1,3-4H2,2H3;1-4,9-10H,8H2. The summed E-state index contributed by atoms with van der Waals surface area (Å²) in [6.07, 6.45) is 0.142. The lowest BCUT2D eigenvalue weighted by molar-refractivity contribution is -0.139. The van der Waals surface area contributed by atoms with E-state index < -0.39 is 7.12 Å². The molecule has 0 aromatic heterocycles. The number of nitrogens with two attached hydrogens (primary N) is 1. The summed E-state index contributed by atoms with van der Waals surface area (Å²) in [5.41, 5.74) is 6.75. The van der Waals surface area contributed by atoms with Crippen LogP contribution in [0.25, 0.3) is 0 Å². The summed E-state index contributed by atoms with van der Waals surface area (Å²) in [4.78, 5) is 10.7. The zero-order valence-electron chi connectivity index (χ0n) is 11.3. The Morgan fingerprint density at radius 2 is 2.25 bits per heavy atom. The lowest BCUT2D eigenvalue weighted by Crippen LogP contribution is -2.29. The number of carbonyl (C=O) groups excluding carboxylic acids is 1. The first kappa shape index (κ1) is 16.2. The van der Waals surface area contributed by atoms with Gasteiger partial charge in [0.2, 0.25) is 0 Å². The van der Waals surface area contributed by atoms with Gasteiger partial charge in [-0.1, -0.05) is 18.7 Å². The Labute approximate surface area is 118 Å². The van der Waals surface area contributed by atoms with Crippen LogP contribution in [-0.2, 0) is 14.3 Å². The molecule has 4 N–H and O–H groups in total. The van der Waals surface area contributed by atoms with E-state index in [0.717, 1.165) is 0 Å². The van der Waals surface area contributed by atoms with Gasteiger partial charge in [0.05, 0.1) is 6.61 Å². The van der Waals surface area contributed by atoms with Gasteiger partial charge in [0.25, 0.3) is 0 Å². The summed E-state index contributed by atoms with van der Waals surface area (Å²) in [5, 5.41) is 17.3. The number of benzene rings is 1. The topological polar surface area (TPSA) is 105 Å². The highest BCUT2D eigenvalue weighted by Crippen LogP contribution is 2.09. The third-order valence-electron chi connectivity index (χ3n) is 2.36. The van der Waals surface area contributed by atoms with Crippen LogP contribution < -0.4 is 11.2 Å². The second-order valence-electron chi connectivity index (χ2n) is 4.38. The van der Waals surface area contributed by atoms with Gasteiger partial charge in [0, 0.05) is 11.3 Å². The Bertz CT molecular complexity index is 474. The van der Waals surface area contributed by atoms with E-state index in [-0.39, 0.29) is 12.1 Å². The van der Waals surface area contributed by atoms with Crippen molar-refractivity contribution < 1.29 is 24.3 Å². The number of epoxide rings is 1. The molecule has 1 fully saturated rings. The summed E-state index contributed by atoms with van der Waals surface area (Å²) < 4.78 is 9.60. The number of hydrogen-bond donors (Lipinski definition) is 3. The van der Waals surface area contributed by atoms with Crippen LogP contribution in [0.3, 0.4) is 0 Å². The molecule has 20 heavy (non-hydrogen) atoms. The highest BCUT2D eigenvalue weighted by molar-refractivity contribution is 6.58. The van der Waals surface area contributed by atoms with Crippen LogP contribution in [0.1, 0.15) is 6.92 Å². The minimum absolute atomic E-state index is 0.142. The molecule has 2 rings (SSSR count). The monoisotopic (exact) mass is 279 g/mol. The van der Waals surface area contributed by atoms with Gasteiger partial charge in [-0.2, -0.15) is 0 Å². The van der Waals surface area contributed by atoms with Crippen LogP contribution in [0.4, 0.5) is 5.69 Å². The highest BCUT2D eigenvalue weighted by Gasteiger charge is 2.24. The Balaban J connectivity index is 0.000000200. The van der Waals surface area contributed by atoms with Crippen LogP contribution in [-0.4, -0.2) is 42.5 Å². The molecule has 0 aliphatic carbocycles. The van der Waals surface area contributed by atoms with Gasteiger partial charge in [0.1, 0.15) is 12.7 Å². The quantitative estimate of drug-likeness (QED) is 0.224. The number of anilines is 1. The van der Waals surface area contributed by atoms with Crippen LogP contribution in [0.2, 0.25) is 0 Å². The van der Waals surface area contributed by atoms with Crippen molar-refractivity contribution in [2.24, 2.45) is 0 Å². The fraction of sp³-hybridized carbons (Fsp3) is 0.308. The molecule has 0 amide bonds. The Kier molecular flexibility index (Phi) is 6.24. The molecule has 0 spiro atoms. The molecule has 1 aliphatic heterocycles. The lowest BCUT2D eigenvalue weighted by Gasteiger charge is -1.99. The Morgan fingerprint density at radius 3 is 2.65 bits per heavy atom. The summed E-state index contributed by atoms with van der Waals surface area (Å²) in [5.74, 6) is -0.337. The largest absolute Gasteiger partial charge is 0.488 e. The van der Waals surface area contributed by atoms with Crippen molar-refractivity contribution in [1.29, 1.82) is 0 Å². The number of carbonyl (C=O) groups is 1. The van der Waals surface area contributed by atoms with Crippen LogP contribution in [0, 0.1) is 0 Å². The first-order valence-corrected chi connectivity index (χ1v) is 6.06. The van der Waals surface area contributed by atoms with Crippen molar-refractivity contribution in [2.45, 2.75) is 13.0 Å². The maximum atomic E-state index is 10.7. The van der Waals surface area contributed by atoms with E-state index in [1.54, 1.807) is 25.1 Å². The van der Waals surface area contributed by atoms with Crippen LogP contribution >= 0.6 is 0 Å². The van der Waals surface area contributed by atoms with E-state index in [0.29, 0.717) is 29.9 Å². The van der Waals surface area contributed by atoms with Crippen molar-refractivity contribution in [2.75, 3.05) is 18.9 Å². The first-order valence-electron chi connectivity index (χ1n) is 6.06. The zero-order chi connectivity index (χ0) is 15.1. The van der Waals surface area contributed by atoms with Crippen molar-refractivity contribution in [3.8, 4) is 0 Å². The highest BCUT2D eigenvalue weighted by atomic mass is 16.6. The van der Waals surface area contributed by atoms with Crippen LogP contribution in [0.5, 0.6) is 0 Å². The maximum absolute atomic E-state index is 10.7. The molecule has 1 aromatic rings. The summed E-state index contributed by atoms with van der Waals surface area (Å²) in [6, 6.07) is 6.47. The van der Waals surface area contributed by atoms with Gasteiger partial charge in [-0.05, 0) is 24.5 Å². The van der Waals surface area contributed by atoms with Gasteiger partial charge >= 0.3 is 13.1 Å². The average Bonchev–Trinajstić information content (AvgIpc) is 3.20. The number of esters is 1. The fourth-order valence-corrected chi connectivity index (χ4v) is 1.18. The third kappa shape index (κ3) is 6.37. The van der Waals surface area contributed by atoms with Crippen LogP contribution in [0.15, 0.2) is 36.4 Å². The second kappa shape index (κ2) is 7.69. The molecule has 6 nitrogen and oxygen atoms in total. The number of rotatable bonds is 4. The summed E-state index contributed by atoms with van der Waals surface area (Å²) in [6.45, 7) is 6.14. The number of nitrogen functional groups attached to an aromatic ring is 1. The van der Waals surface area contributed by atoms with E-state index in [1.165, 1.54) is 6.07 Å². The lowest BCUT2D eigenvalue weighted by atomic mass is 9.80. The van der Waals surface area contributed by atoms with Crippen molar-refractivity contribution in [3.05, 3.63) is 36.4 Å². The van der Waals surface area contributed by atoms with Gasteiger partial charge in [-0.25, -0.2) is 4.79 Å². The first-order chi connectivity index (χ1) is 9.40. The van der Waals surface area contributed by atoms with E-state index in [4.69, 9.17) is 25.3 Å². The molecule has 1 heterocycles. The second-order valence-corrected chi connectivity index (χ2v) is 4.38. The van der Waals surface area contributed by atoms with Crippen molar-refractivity contribution in [1.82, 2.24) is 0 Å². The molecule has 7 heteroatoms. The fourth-order valence-electron chi connectivity index (χ4n) is 1.18. The molecule has 1 aliphatic rings. The van der Waals surface area contributed by atoms with Crippen molar-refractivity contribution >= 4 is 24.2 Å². The van der Waals surface area contributed by atoms with Gasteiger partial charge in [-0.3, -0.25) is 0 Å². The number of ether oxygens (including phenoxy) is 2. The molecule has 0 radical (unpaired) electrons. The van der Waals surface area contributed by atoms with E-state index in [1.807, 2.05) is 0 Å². The maximum Gasteiger partial charge on any atom is 0.488 e. The SMILES string of the molecule is C=C(C)C(=O)OCC1CO1.Nc1cccc(B(O)O)c1. The molecular weight excluding hydrogens is 261 g/mol. The molecule has 1 saturated heterocycles. The zero-order valence-corrected chi connectivity index (χ0v) is 11.3. The molecule has 108 valence electrons. The molecule has 1 aromatic carbocycles. The number of hydrogen-bond acceptors (Lipinski definition) is 6. The van der Waals surface area contributed by atoms with E-state index in [9.17, 15) is 4.79 Å². The van der Waals surface area contributed by atoms with E-state index >= 15 is 0 Å². The Morgan fingerprint density at radius 1 is 1.60 bits per heavy atom. The van der Waals surface area contributed by atoms with Crippen molar-refractivity contribution in [3.63, 3.8) is 0 Å². The molecular formula is C13H18BNO5. The van der Waals surface area contributed by atoms with Gasteiger partial charge in [-0.15, -0.1) is 0 Å². The predicted molar refractivity (Wildman–Crippen MR) is 76.2 cm³/mol. The summed E-state index contributed by atoms with van der Waals surface area (Å²) >= 11 is 0.